The molecule has 24 heavy (non-hydrogen) atoms. The normalized spacial score (nSPS) is 11.8. The molecule has 0 fully saturated rings. The molecule has 0 aromatic carbocycles. The van der Waals surface area contributed by atoms with Gasteiger partial charge in [-0.2, -0.15) is 0 Å². The van der Waals surface area contributed by atoms with E-state index in [2.05, 4.69) is 5.16 Å². The van der Waals surface area contributed by atoms with Crippen LogP contribution < -0.4 is 4.74 Å². The molecule has 0 aliphatic rings. The number of ether oxygens (including phenoxy) is 1. The number of nitrogens with zero attached hydrogens (tertiary/aromatic N) is 2. The molecule has 1 amide bonds. The lowest BCUT2D eigenvalue weighted by Crippen LogP contribution is -2.35. The van der Waals surface area contributed by atoms with Crippen molar-refractivity contribution in [2.75, 3.05) is 13.2 Å². The van der Waals surface area contributed by atoms with Crippen molar-refractivity contribution in [2.24, 2.45) is 0 Å². The summed E-state index contributed by atoms with van der Waals surface area (Å²) in [6.07, 6.45) is 2.21. The number of hydrogen-bond donors (Lipinski definition) is 0. The lowest BCUT2D eigenvalue weighted by Gasteiger charge is -2.26. The van der Waals surface area contributed by atoms with E-state index >= 15 is 0 Å². The van der Waals surface area contributed by atoms with Crippen LogP contribution in [0.15, 0.2) is 27.3 Å². The third kappa shape index (κ3) is 4.61. The van der Waals surface area contributed by atoms with Crippen molar-refractivity contribution in [2.45, 2.75) is 46.1 Å². The fraction of sp³-hybridized carbons (Fsp3) is 0.529. The summed E-state index contributed by atoms with van der Waals surface area (Å²) in [6.45, 7) is 10.2. The molecule has 0 saturated heterocycles. The van der Waals surface area contributed by atoms with Gasteiger partial charge < -0.3 is 13.7 Å². The van der Waals surface area contributed by atoms with Crippen molar-refractivity contribution in [1.82, 2.24) is 10.2 Å². The van der Waals surface area contributed by atoms with E-state index in [4.69, 9.17) is 18.5 Å². The molecule has 0 aliphatic carbocycles. The van der Waals surface area contributed by atoms with E-state index in [0.29, 0.717) is 23.8 Å². The van der Waals surface area contributed by atoms with Crippen molar-refractivity contribution < 1.29 is 23.3 Å². The van der Waals surface area contributed by atoms with E-state index in [0.717, 1.165) is 5.56 Å². The van der Waals surface area contributed by atoms with Gasteiger partial charge in [0, 0.05) is 0 Å². The van der Waals surface area contributed by atoms with Gasteiger partial charge in [-0.15, -0.1) is 0 Å². The molecule has 2 aromatic rings. The van der Waals surface area contributed by atoms with E-state index < -0.39 is 5.60 Å². The average Bonchev–Trinajstić information content (AvgIpc) is 3.13. The van der Waals surface area contributed by atoms with Gasteiger partial charge >= 0.3 is 0 Å². The van der Waals surface area contributed by atoms with Gasteiger partial charge in [0.1, 0.15) is 6.61 Å². The summed E-state index contributed by atoms with van der Waals surface area (Å²) in [5.41, 5.74) is 0.379. The predicted octanol–water partition coefficient (Wildman–Crippen LogP) is 3.63. The number of aromatic nitrogens is 1. The Morgan fingerprint density at radius 3 is 2.67 bits per heavy atom. The van der Waals surface area contributed by atoms with Crippen LogP contribution in [0.4, 0.5) is 0 Å². The minimum absolute atomic E-state index is 0.138. The van der Waals surface area contributed by atoms with Gasteiger partial charge in [0.25, 0.3) is 5.88 Å². The second kappa shape index (κ2) is 7.53. The molecule has 0 unspecified atom stereocenters. The zero-order valence-corrected chi connectivity index (χ0v) is 14.7. The Hall–Kier alpha value is -2.28. The van der Waals surface area contributed by atoms with E-state index in [1.807, 2.05) is 40.7 Å². The molecule has 0 N–H and O–H groups in total. The maximum atomic E-state index is 11.1. The van der Waals surface area contributed by atoms with Crippen LogP contribution in [-0.2, 0) is 9.63 Å². The molecule has 2 heterocycles. The highest BCUT2D eigenvalue weighted by molar-refractivity contribution is 5.58. The molecule has 0 spiro atoms. The second-order valence-electron chi connectivity index (χ2n) is 6.66. The van der Waals surface area contributed by atoms with Crippen molar-refractivity contribution in [3.05, 3.63) is 24.0 Å². The van der Waals surface area contributed by atoms with Gasteiger partial charge in [0.15, 0.2) is 5.76 Å². The van der Waals surface area contributed by atoms with Crippen LogP contribution in [0.1, 0.15) is 46.1 Å². The number of rotatable bonds is 8. The van der Waals surface area contributed by atoms with E-state index in [-0.39, 0.29) is 19.1 Å². The van der Waals surface area contributed by atoms with Crippen LogP contribution in [0.2, 0.25) is 0 Å². The number of furan rings is 1. The SMILES string of the molecule is CC(C)c1c(OCCN(C=O)OC(C)(C)C)noc1-c1ccco1. The summed E-state index contributed by atoms with van der Waals surface area (Å²) in [7, 11) is 0. The molecular weight excluding hydrogens is 312 g/mol. The number of amides is 1. The Morgan fingerprint density at radius 1 is 1.38 bits per heavy atom. The highest BCUT2D eigenvalue weighted by Gasteiger charge is 2.24. The zero-order valence-electron chi connectivity index (χ0n) is 14.7. The molecule has 0 aliphatic heterocycles. The molecule has 0 atom stereocenters. The highest BCUT2D eigenvalue weighted by Crippen LogP contribution is 2.36. The topological polar surface area (TPSA) is 77.9 Å². The van der Waals surface area contributed by atoms with Gasteiger partial charge in [-0.25, -0.2) is 5.06 Å². The first-order valence-corrected chi connectivity index (χ1v) is 7.89. The fourth-order valence-electron chi connectivity index (χ4n) is 2.19. The first kappa shape index (κ1) is 18.1. The van der Waals surface area contributed by atoms with Crippen LogP contribution in [0, 0.1) is 0 Å². The Morgan fingerprint density at radius 2 is 2.12 bits per heavy atom. The highest BCUT2D eigenvalue weighted by atomic mass is 16.7. The maximum Gasteiger partial charge on any atom is 0.258 e. The van der Waals surface area contributed by atoms with E-state index in [9.17, 15) is 4.79 Å². The van der Waals surface area contributed by atoms with Gasteiger partial charge in [-0.1, -0.05) is 13.8 Å². The van der Waals surface area contributed by atoms with Crippen molar-refractivity contribution >= 4 is 6.41 Å². The van der Waals surface area contributed by atoms with Crippen LogP contribution >= 0.6 is 0 Å². The van der Waals surface area contributed by atoms with E-state index in [1.54, 1.807) is 12.3 Å². The molecule has 2 rings (SSSR count). The average molecular weight is 336 g/mol. The minimum atomic E-state index is -0.454. The third-order valence-electron chi connectivity index (χ3n) is 3.08. The lowest BCUT2D eigenvalue weighted by molar-refractivity contribution is -0.217. The summed E-state index contributed by atoms with van der Waals surface area (Å²) in [6, 6.07) is 3.59. The van der Waals surface area contributed by atoms with Gasteiger partial charge in [-0.05, 0) is 44.0 Å². The number of carbonyl (C=O) groups is 1. The van der Waals surface area contributed by atoms with Crippen molar-refractivity contribution in [3.63, 3.8) is 0 Å². The van der Waals surface area contributed by atoms with Crippen LogP contribution in [0.5, 0.6) is 5.88 Å². The third-order valence-corrected chi connectivity index (χ3v) is 3.08. The smallest absolute Gasteiger partial charge is 0.258 e. The number of hydrogen-bond acceptors (Lipinski definition) is 6. The predicted molar refractivity (Wildman–Crippen MR) is 87.4 cm³/mol. The first-order valence-electron chi connectivity index (χ1n) is 7.89. The summed E-state index contributed by atoms with van der Waals surface area (Å²) in [4.78, 5) is 16.6. The summed E-state index contributed by atoms with van der Waals surface area (Å²) < 4.78 is 16.5. The largest absolute Gasteiger partial charge is 0.473 e. The number of hydroxylamine groups is 2. The van der Waals surface area contributed by atoms with Crippen molar-refractivity contribution in [3.8, 4) is 17.4 Å². The van der Waals surface area contributed by atoms with Gasteiger partial charge in [0.05, 0.1) is 24.0 Å². The number of carbonyl (C=O) groups excluding carboxylic acids is 1. The van der Waals surface area contributed by atoms with Crippen LogP contribution in [-0.4, -0.2) is 35.4 Å². The summed E-state index contributed by atoms with van der Waals surface area (Å²) in [5.74, 6) is 1.70. The van der Waals surface area contributed by atoms with Crippen LogP contribution in [0.3, 0.4) is 0 Å². The first-order chi connectivity index (χ1) is 11.3. The van der Waals surface area contributed by atoms with Crippen molar-refractivity contribution in [1.29, 1.82) is 0 Å². The van der Waals surface area contributed by atoms with Gasteiger partial charge in [-0.3, -0.25) is 9.63 Å². The monoisotopic (exact) mass is 336 g/mol. The standard InChI is InChI=1S/C17H24N2O5/c1-12(2)14-15(13-7-6-9-21-13)23-18-16(14)22-10-8-19(11-20)24-17(3,4)5/h6-7,9,11-12H,8,10H2,1-5H3. The molecule has 132 valence electrons. The molecule has 0 radical (unpaired) electrons. The summed E-state index contributed by atoms with van der Waals surface area (Å²) in [5, 5.41) is 5.20. The Kier molecular flexibility index (Phi) is 5.66. The Balaban J connectivity index is 2.04. The lowest BCUT2D eigenvalue weighted by atomic mass is 10.0. The van der Waals surface area contributed by atoms with Gasteiger partial charge in [0.2, 0.25) is 12.2 Å². The maximum absolute atomic E-state index is 11.1. The van der Waals surface area contributed by atoms with Crippen LogP contribution in [0.25, 0.3) is 11.5 Å². The molecule has 0 saturated carbocycles. The minimum Gasteiger partial charge on any atom is -0.473 e. The molecule has 7 nitrogen and oxygen atoms in total. The molecular formula is C17H24N2O5. The molecule has 0 bridgehead atoms. The molecule has 7 heteroatoms. The Labute approximate surface area is 141 Å². The zero-order chi connectivity index (χ0) is 17.7. The quantitative estimate of drug-likeness (QED) is 0.541. The molecule has 2 aromatic heterocycles. The van der Waals surface area contributed by atoms with E-state index in [1.165, 1.54) is 5.06 Å². The Bertz CT molecular complexity index is 640. The second-order valence-corrected chi connectivity index (χ2v) is 6.66. The summed E-state index contributed by atoms with van der Waals surface area (Å²) >= 11 is 0. The fourth-order valence-corrected chi connectivity index (χ4v) is 2.19.